The molecule has 0 radical (unpaired) electrons. The Morgan fingerprint density at radius 2 is 1.97 bits per heavy atom. The zero-order valence-electron chi connectivity index (χ0n) is 17.2. The first kappa shape index (κ1) is 25.4. The highest BCUT2D eigenvalue weighted by atomic mass is 16.6. The number of nitrogens with zero attached hydrogens (tertiary/aromatic N) is 1. The predicted octanol–water partition coefficient (Wildman–Crippen LogP) is -0.810. The Bertz CT molecular complexity index is 858. The third kappa shape index (κ3) is 5.87. The highest BCUT2D eigenvalue weighted by Crippen LogP contribution is 2.35. The van der Waals surface area contributed by atoms with Crippen molar-refractivity contribution in [3.63, 3.8) is 0 Å². The van der Waals surface area contributed by atoms with Crippen molar-refractivity contribution in [2.24, 2.45) is 0 Å². The van der Waals surface area contributed by atoms with Crippen LogP contribution in [0.1, 0.15) is 25.3 Å². The molecule has 0 saturated carbocycles. The van der Waals surface area contributed by atoms with E-state index in [-0.39, 0.29) is 12.1 Å². The summed E-state index contributed by atoms with van der Waals surface area (Å²) in [7, 11) is 0. The van der Waals surface area contributed by atoms with Crippen LogP contribution in [-0.4, -0.2) is 85.0 Å². The van der Waals surface area contributed by atoms with Crippen LogP contribution in [0, 0.1) is 10.1 Å². The van der Waals surface area contributed by atoms with Gasteiger partial charge in [-0.05, 0) is 17.7 Å². The zero-order chi connectivity index (χ0) is 24.1. The topological polar surface area (TPSA) is 200 Å². The normalized spacial score (nSPS) is 27.6. The molecular formula is C20H26N2O10. The number of benzene rings is 1. The molecule has 1 amide bonds. The van der Waals surface area contributed by atoms with Gasteiger partial charge in [-0.3, -0.25) is 14.9 Å². The number of hydrogen-bond acceptors (Lipinski definition) is 9. The van der Waals surface area contributed by atoms with Gasteiger partial charge in [0.25, 0.3) is 5.69 Å². The van der Waals surface area contributed by atoms with E-state index in [1.54, 1.807) is 0 Å². The average molecular weight is 454 g/mol. The van der Waals surface area contributed by atoms with Crippen molar-refractivity contribution in [1.29, 1.82) is 0 Å². The molecule has 6 atom stereocenters. The Labute approximate surface area is 182 Å². The fraction of sp³-hybridized carbons (Fsp3) is 0.500. The van der Waals surface area contributed by atoms with Crippen LogP contribution < -0.4 is 5.32 Å². The number of aliphatic carboxylic acids is 1. The van der Waals surface area contributed by atoms with E-state index in [1.165, 1.54) is 36.4 Å². The third-order valence-corrected chi connectivity index (χ3v) is 5.21. The second-order valence-electron chi connectivity index (χ2n) is 7.58. The maximum absolute atomic E-state index is 12.1. The van der Waals surface area contributed by atoms with Crippen LogP contribution in [0.15, 0.2) is 30.3 Å². The van der Waals surface area contributed by atoms with Crippen molar-refractivity contribution in [2.45, 2.75) is 55.8 Å². The summed E-state index contributed by atoms with van der Waals surface area (Å²) in [5.41, 5.74) is -1.56. The minimum absolute atomic E-state index is 0.105. The molecule has 0 bridgehead atoms. The summed E-state index contributed by atoms with van der Waals surface area (Å²) in [4.78, 5) is 33.8. The van der Waals surface area contributed by atoms with Gasteiger partial charge in [0.2, 0.25) is 5.91 Å². The van der Waals surface area contributed by atoms with Gasteiger partial charge in [0, 0.05) is 31.9 Å². The zero-order valence-corrected chi connectivity index (χ0v) is 17.2. The minimum Gasteiger partial charge on any atom is -0.479 e. The third-order valence-electron chi connectivity index (χ3n) is 5.21. The monoisotopic (exact) mass is 454 g/mol. The average Bonchev–Trinajstić information content (AvgIpc) is 2.74. The molecule has 0 aromatic heterocycles. The number of carboxylic acids is 1. The number of nitro benzene ring substituents is 1. The summed E-state index contributed by atoms with van der Waals surface area (Å²) >= 11 is 0. The van der Waals surface area contributed by atoms with E-state index in [2.05, 4.69) is 5.32 Å². The van der Waals surface area contributed by atoms with E-state index in [4.69, 9.17) is 9.84 Å². The van der Waals surface area contributed by atoms with Gasteiger partial charge in [0.05, 0.1) is 23.7 Å². The molecule has 176 valence electrons. The number of amides is 1. The van der Waals surface area contributed by atoms with Gasteiger partial charge in [0.1, 0.15) is 18.3 Å². The van der Waals surface area contributed by atoms with E-state index in [1.807, 2.05) is 0 Å². The van der Waals surface area contributed by atoms with Crippen LogP contribution in [0.2, 0.25) is 0 Å². The Morgan fingerprint density at radius 1 is 1.34 bits per heavy atom. The van der Waals surface area contributed by atoms with Gasteiger partial charge in [-0.1, -0.05) is 12.2 Å². The van der Waals surface area contributed by atoms with Crippen LogP contribution >= 0.6 is 0 Å². The molecule has 1 heterocycles. The van der Waals surface area contributed by atoms with Crippen molar-refractivity contribution in [1.82, 2.24) is 5.32 Å². The number of carboxylic acid groups (broad SMARTS) is 1. The molecule has 6 N–H and O–H groups in total. The molecule has 2 rings (SSSR count). The highest BCUT2D eigenvalue weighted by molar-refractivity contribution is 5.78. The van der Waals surface area contributed by atoms with Gasteiger partial charge in [-0.15, -0.1) is 0 Å². The number of carbonyl (C=O) groups excluding carboxylic acids is 1. The first-order valence-corrected chi connectivity index (χ1v) is 9.75. The SMILES string of the molecule is CC(=O)N[C@H]1[C@H]([C@H](O)[C@H](O)CO)O[C@@](C/C=C/c2ccc([N+](=O)[O-])cc2)(C(=O)O)C[C@@H]1O. The Balaban J connectivity index is 2.29. The predicted molar refractivity (Wildman–Crippen MR) is 109 cm³/mol. The fourth-order valence-corrected chi connectivity index (χ4v) is 3.54. The summed E-state index contributed by atoms with van der Waals surface area (Å²) in [6.45, 7) is 0.300. The molecule has 1 aromatic carbocycles. The minimum atomic E-state index is -2.01. The number of aliphatic hydroxyl groups is 4. The van der Waals surface area contributed by atoms with Crippen LogP contribution in [0.25, 0.3) is 6.08 Å². The lowest BCUT2D eigenvalue weighted by Crippen LogP contribution is -2.67. The number of nitro groups is 1. The molecular weight excluding hydrogens is 428 g/mol. The molecule has 1 fully saturated rings. The van der Waals surface area contributed by atoms with Crippen molar-refractivity contribution >= 4 is 23.6 Å². The van der Waals surface area contributed by atoms with E-state index < -0.39 is 65.9 Å². The lowest BCUT2D eigenvalue weighted by Gasteiger charge is -2.46. The highest BCUT2D eigenvalue weighted by Gasteiger charge is 2.53. The first-order valence-electron chi connectivity index (χ1n) is 9.75. The van der Waals surface area contributed by atoms with Gasteiger partial charge in [0.15, 0.2) is 5.60 Å². The molecule has 0 spiro atoms. The molecule has 1 aliphatic rings. The van der Waals surface area contributed by atoms with Crippen molar-refractivity contribution in [3.8, 4) is 0 Å². The molecule has 1 aromatic rings. The maximum Gasteiger partial charge on any atom is 0.336 e. The van der Waals surface area contributed by atoms with Crippen LogP contribution in [0.5, 0.6) is 0 Å². The van der Waals surface area contributed by atoms with E-state index >= 15 is 0 Å². The lowest BCUT2D eigenvalue weighted by atomic mass is 9.81. The summed E-state index contributed by atoms with van der Waals surface area (Å²) in [6.07, 6.45) is -4.23. The van der Waals surface area contributed by atoms with Gasteiger partial charge >= 0.3 is 5.97 Å². The maximum atomic E-state index is 12.1. The van der Waals surface area contributed by atoms with E-state index in [9.17, 15) is 40.1 Å². The second kappa shape index (κ2) is 10.6. The molecule has 32 heavy (non-hydrogen) atoms. The number of hydrogen-bond donors (Lipinski definition) is 6. The van der Waals surface area contributed by atoms with Gasteiger partial charge < -0.3 is 35.6 Å². The van der Waals surface area contributed by atoms with E-state index in [0.29, 0.717) is 5.56 Å². The Morgan fingerprint density at radius 3 is 2.47 bits per heavy atom. The van der Waals surface area contributed by atoms with Crippen molar-refractivity contribution in [3.05, 3.63) is 46.0 Å². The number of nitrogens with one attached hydrogen (secondary N) is 1. The number of aliphatic hydroxyl groups excluding tert-OH is 4. The van der Waals surface area contributed by atoms with Crippen molar-refractivity contribution in [2.75, 3.05) is 6.61 Å². The van der Waals surface area contributed by atoms with Crippen LogP contribution in [0.3, 0.4) is 0 Å². The Hall–Kier alpha value is -2.90. The standard InChI is InChI=1S/C20H26N2O10/c1-11(24)21-16-14(25)9-20(19(28)29,32-18(16)17(27)15(26)10-23)8-2-3-12-4-6-13(7-5-12)22(30)31/h2-7,14-18,23,25-27H,8-10H2,1H3,(H,21,24)(H,28,29)/b3-2+/t14-,15+,16+,17+,18+,20+/m0/s1. The van der Waals surface area contributed by atoms with Crippen LogP contribution in [-0.2, 0) is 14.3 Å². The molecule has 1 saturated heterocycles. The van der Waals surface area contributed by atoms with Crippen molar-refractivity contribution < 1.29 is 44.8 Å². The molecule has 0 unspecified atom stereocenters. The quantitative estimate of drug-likeness (QED) is 0.202. The number of rotatable bonds is 9. The van der Waals surface area contributed by atoms with Gasteiger partial charge in [-0.25, -0.2) is 4.79 Å². The first-order chi connectivity index (χ1) is 15.0. The second-order valence-corrected chi connectivity index (χ2v) is 7.58. The van der Waals surface area contributed by atoms with Gasteiger partial charge in [-0.2, -0.15) is 0 Å². The molecule has 0 aliphatic carbocycles. The smallest absolute Gasteiger partial charge is 0.336 e. The molecule has 12 heteroatoms. The summed E-state index contributed by atoms with van der Waals surface area (Å²) < 4.78 is 5.66. The molecule has 1 aliphatic heterocycles. The number of ether oxygens (including phenoxy) is 1. The fourth-order valence-electron chi connectivity index (χ4n) is 3.54. The number of carbonyl (C=O) groups is 2. The Kier molecular flexibility index (Phi) is 8.41. The lowest BCUT2D eigenvalue weighted by molar-refractivity contribution is -0.384. The summed E-state index contributed by atoms with van der Waals surface area (Å²) in [5, 5.41) is 62.9. The van der Waals surface area contributed by atoms with Crippen LogP contribution in [0.4, 0.5) is 5.69 Å². The largest absolute Gasteiger partial charge is 0.479 e. The number of non-ortho nitro benzene ring substituents is 1. The summed E-state index contributed by atoms with van der Waals surface area (Å²) in [5.74, 6) is -2.02. The van der Waals surface area contributed by atoms with E-state index in [0.717, 1.165) is 6.92 Å². The molecule has 12 nitrogen and oxygen atoms in total. The summed E-state index contributed by atoms with van der Waals surface area (Å²) in [6, 6.07) is 4.28.